The van der Waals surface area contributed by atoms with Crippen molar-refractivity contribution in [3.63, 3.8) is 0 Å². The molecule has 0 aliphatic carbocycles. The molecule has 0 radical (unpaired) electrons. The number of rotatable bonds is 9. The van der Waals surface area contributed by atoms with E-state index in [0.717, 1.165) is 19.3 Å². The SMILES string of the molecule is CCC(C)OC(CC)(OC(C)CC)[SiH2]OC. The minimum Gasteiger partial charge on any atom is -0.421 e. The van der Waals surface area contributed by atoms with Crippen molar-refractivity contribution in [2.24, 2.45) is 0 Å². The van der Waals surface area contributed by atoms with E-state index in [4.69, 9.17) is 13.9 Å². The molecule has 0 rings (SSSR count). The normalized spacial score (nSPS) is 19.9. The molecule has 3 nitrogen and oxygen atoms in total. The summed E-state index contributed by atoms with van der Waals surface area (Å²) in [4.78, 5) is 0. The Morgan fingerprint density at radius 1 is 1.00 bits per heavy atom. The van der Waals surface area contributed by atoms with Gasteiger partial charge in [0.25, 0.3) is 0 Å². The smallest absolute Gasteiger partial charge is 0.227 e. The summed E-state index contributed by atoms with van der Waals surface area (Å²) in [7, 11) is 0.927. The largest absolute Gasteiger partial charge is 0.421 e. The van der Waals surface area contributed by atoms with Crippen molar-refractivity contribution < 1.29 is 13.9 Å². The highest BCUT2D eigenvalue weighted by Crippen LogP contribution is 2.23. The van der Waals surface area contributed by atoms with Gasteiger partial charge in [-0.2, -0.15) is 0 Å². The molecule has 16 heavy (non-hydrogen) atoms. The predicted octanol–water partition coefficient (Wildman–Crippen LogP) is 2.41. The Bertz CT molecular complexity index is 164. The van der Waals surface area contributed by atoms with Gasteiger partial charge in [0.15, 0.2) is 5.41 Å². The Kier molecular flexibility index (Phi) is 8.28. The minimum absolute atomic E-state index is 0.228. The van der Waals surface area contributed by atoms with E-state index in [1.54, 1.807) is 7.11 Å². The second kappa shape index (κ2) is 8.23. The number of ether oxygens (including phenoxy) is 2. The molecule has 0 fully saturated rings. The minimum atomic E-state index is -0.820. The molecule has 0 aromatic heterocycles. The molecule has 98 valence electrons. The first-order valence-electron chi connectivity index (χ1n) is 6.38. The second-order valence-electron chi connectivity index (χ2n) is 4.37. The summed E-state index contributed by atoms with van der Waals surface area (Å²) < 4.78 is 17.5. The van der Waals surface area contributed by atoms with Gasteiger partial charge >= 0.3 is 0 Å². The molecule has 0 aromatic carbocycles. The van der Waals surface area contributed by atoms with Gasteiger partial charge in [0.05, 0.1) is 12.2 Å². The van der Waals surface area contributed by atoms with Gasteiger partial charge in [-0.3, -0.25) is 0 Å². The highest BCUT2D eigenvalue weighted by Gasteiger charge is 2.34. The first kappa shape index (κ1) is 16.1. The number of hydrogen-bond donors (Lipinski definition) is 0. The standard InChI is InChI=1S/C12H28O3Si/c1-7-10(4)14-12(9-3,16-13-6)15-11(5)8-2/h10-11H,7-9,16H2,1-6H3. The van der Waals surface area contributed by atoms with E-state index < -0.39 is 15.2 Å². The Morgan fingerprint density at radius 3 is 1.69 bits per heavy atom. The zero-order valence-corrected chi connectivity index (χ0v) is 13.1. The van der Waals surface area contributed by atoms with Gasteiger partial charge in [0, 0.05) is 7.11 Å². The molecular formula is C12H28O3Si. The summed E-state index contributed by atoms with van der Waals surface area (Å²) in [6, 6.07) is 0. The van der Waals surface area contributed by atoms with E-state index >= 15 is 0 Å². The lowest BCUT2D eigenvalue weighted by molar-refractivity contribution is -0.229. The summed E-state index contributed by atoms with van der Waals surface area (Å²) >= 11 is 0. The van der Waals surface area contributed by atoms with Crippen LogP contribution in [0.3, 0.4) is 0 Å². The average Bonchev–Trinajstić information content (AvgIpc) is 2.28. The van der Waals surface area contributed by atoms with Crippen LogP contribution in [0.15, 0.2) is 0 Å². The molecule has 0 aromatic rings. The van der Waals surface area contributed by atoms with Crippen LogP contribution in [0.1, 0.15) is 53.9 Å². The molecular weight excluding hydrogens is 220 g/mol. The van der Waals surface area contributed by atoms with Crippen molar-refractivity contribution >= 4 is 9.76 Å². The third-order valence-electron chi connectivity index (χ3n) is 2.88. The fraction of sp³-hybridized carbons (Fsp3) is 1.00. The number of hydrogen-bond acceptors (Lipinski definition) is 3. The fourth-order valence-electron chi connectivity index (χ4n) is 1.48. The molecule has 0 aliphatic heterocycles. The first-order chi connectivity index (χ1) is 7.53. The highest BCUT2D eigenvalue weighted by atomic mass is 28.2. The van der Waals surface area contributed by atoms with Crippen molar-refractivity contribution in [1.82, 2.24) is 0 Å². The van der Waals surface area contributed by atoms with Crippen LogP contribution in [-0.2, 0) is 13.9 Å². The van der Waals surface area contributed by atoms with Crippen molar-refractivity contribution in [1.29, 1.82) is 0 Å². The first-order valence-corrected chi connectivity index (χ1v) is 7.66. The van der Waals surface area contributed by atoms with Gasteiger partial charge in [-0.25, -0.2) is 0 Å². The molecule has 0 heterocycles. The van der Waals surface area contributed by atoms with Crippen LogP contribution in [0.4, 0.5) is 0 Å². The molecule has 0 bridgehead atoms. The maximum Gasteiger partial charge on any atom is 0.227 e. The lowest BCUT2D eigenvalue weighted by Gasteiger charge is -2.36. The van der Waals surface area contributed by atoms with E-state index in [9.17, 15) is 0 Å². The van der Waals surface area contributed by atoms with Gasteiger partial charge in [-0.15, -0.1) is 0 Å². The Hall–Kier alpha value is 0.0969. The summed E-state index contributed by atoms with van der Waals surface area (Å²) in [5.74, 6) is 0. The molecule has 0 aliphatic rings. The Morgan fingerprint density at radius 2 is 1.44 bits per heavy atom. The summed E-state index contributed by atoms with van der Waals surface area (Å²) in [5, 5.41) is 0. The van der Waals surface area contributed by atoms with Crippen LogP contribution in [0, 0.1) is 0 Å². The average molecular weight is 248 g/mol. The van der Waals surface area contributed by atoms with Crippen LogP contribution in [0.5, 0.6) is 0 Å². The third-order valence-corrected chi connectivity index (χ3v) is 4.45. The van der Waals surface area contributed by atoms with Crippen molar-refractivity contribution in [3.8, 4) is 0 Å². The zero-order valence-electron chi connectivity index (χ0n) is 11.7. The molecule has 0 amide bonds. The van der Waals surface area contributed by atoms with Crippen LogP contribution in [-0.4, -0.2) is 34.5 Å². The molecule has 0 saturated carbocycles. The van der Waals surface area contributed by atoms with E-state index in [0.29, 0.717) is 0 Å². The van der Waals surface area contributed by atoms with E-state index in [1.807, 2.05) is 0 Å². The van der Waals surface area contributed by atoms with Crippen LogP contribution in [0.2, 0.25) is 0 Å². The second-order valence-corrected chi connectivity index (χ2v) is 6.31. The summed E-state index contributed by atoms with van der Waals surface area (Å²) in [5.41, 5.74) is -0.445. The molecule has 2 atom stereocenters. The van der Waals surface area contributed by atoms with Gasteiger partial charge in [0.2, 0.25) is 9.76 Å². The van der Waals surface area contributed by atoms with Crippen molar-refractivity contribution in [3.05, 3.63) is 0 Å². The third kappa shape index (κ3) is 5.43. The van der Waals surface area contributed by atoms with Crippen LogP contribution >= 0.6 is 0 Å². The highest BCUT2D eigenvalue weighted by molar-refractivity contribution is 6.30. The summed E-state index contributed by atoms with van der Waals surface area (Å²) in [6.45, 7) is 10.5. The molecule has 0 N–H and O–H groups in total. The van der Waals surface area contributed by atoms with Crippen LogP contribution in [0.25, 0.3) is 0 Å². The van der Waals surface area contributed by atoms with Gasteiger partial charge < -0.3 is 13.9 Å². The molecule has 0 spiro atoms. The van der Waals surface area contributed by atoms with E-state index in [-0.39, 0.29) is 12.2 Å². The van der Waals surface area contributed by atoms with Gasteiger partial charge in [-0.1, -0.05) is 20.8 Å². The van der Waals surface area contributed by atoms with Gasteiger partial charge in [-0.05, 0) is 33.1 Å². The topological polar surface area (TPSA) is 27.7 Å². The zero-order chi connectivity index (χ0) is 12.6. The molecule has 2 unspecified atom stereocenters. The van der Waals surface area contributed by atoms with Crippen molar-refractivity contribution in [2.75, 3.05) is 7.11 Å². The van der Waals surface area contributed by atoms with Gasteiger partial charge in [0.1, 0.15) is 0 Å². The molecule has 0 saturated heterocycles. The lowest BCUT2D eigenvalue weighted by atomic mass is 10.3. The van der Waals surface area contributed by atoms with Crippen molar-refractivity contribution in [2.45, 2.75) is 71.5 Å². The fourth-order valence-corrected chi connectivity index (χ4v) is 2.83. The Labute approximate surface area is 103 Å². The monoisotopic (exact) mass is 248 g/mol. The molecule has 4 heteroatoms. The quantitative estimate of drug-likeness (QED) is 0.463. The lowest BCUT2D eigenvalue weighted by Crippen LogP contribution is -2.47. The van der Waals surface area contributed by atoms with E-state index in [1.165, 1.54) is 0 Å². The maximum atomic E-state index is 6.06. The predicted molar refractivity (Wildman–Crippen MR) is 70.3 cm³/mol. The van der Waals surface area contributed by atoms with Crippen LogP contribution < -0.4 is 0 Å². The Balaban J connectivity index is 4.55. The maximum absolute atomic E-state index is 6.06. The van der Waals surface area contributed by atoms with E-state index in [2.05, 4.69) is 34.6 Å². The summed E-state index contributed by atoms with van der Waals surface area (Å²) in [6.07, 6.45) is 3.33.